The van der Waals surface area contributed by atoms with Gasteiger partial charge in [0.15, 0.2) is 0 Å². The lowest BCUT2D eigenvalue weighted by molar-refractivity contribution is -0.150. The summed E-state index contributed by atoms with van der Waals surface area (Å²) in [6, 6.07) is 0.277. The predicted molar refractivity (Wildman–Crippen MR) is 104 cm³/mol. The number of rotatable bonds is 16. The van der Waals surface area contributed by atoms with Gasteiger partial charge in [-0.15, -0.1) is 0 Å². The molecule has 0 aliphatic carbocycles. The summed E-state index contributed by atoms with van der Waals surface area (Å²) in [5, 5.41) is 3.24. The molecule has 0 saturated heterocycles. The lowest BCUT2D eigenvalue weighted by atomic mass is 10.0. The molecule has 24 heavy (non-hydrogen) atoms. The SMILES string of the molecule is CCCCCCCCCCCCCCOC(=O)C(C)(C)NC(C)C. The average molecular weight is 342 g/mol. The van der Waals surface area contributed by atoms with Gasteiger partial charge >= 0.3 is 5.97 Å². The fraction of sp³-hybridized carbons (Fsp3) is 0.952. The van der Waals surface area contributed by atoms with Gasteiger partial charge in [0, 0.05) is 6.04 Å². The highest BCUT2D eigenvalue weighted by molar-refractivity contribution is 5.79. The molecule has 0 bridgehead atoms. The molecule has 0 aromatic rings. The van der Waals surface area contributed by atoms with Gasteiger partial charge in [0.25, 0.3) is 0 Å². The maximum Gasteiger partial charge on any atom is 0.325 e. The van der Waals surface area contributed by atoms with Crippen LogP contribution in [-0.2, 0) is 9.53 Å². The number of carbonyl (C=O) groups is 1. The second kappa shape index (κ2) is 14.7. The standard InChI is InChI=1S/C21H43NO2/c1-6-7-8-9-10-11-12-13-14-15-16-17-18-24-20(23)21(4,5)22-19(2)3/h19,22H,6-18H2,1-5H3. The topological polar surface area (TPSA) is 38.3 Å². The van der Waals surface area contributed by atoms with Gasteiger partial charge in [-0.05, 0) is 34.1 Å². The summed E-state index contributed by atoms with van der Waals surface area (Å²) >= 11 is 0. The third-order valence-corrected chi connectivity index (χ3v) is 4.39. The summed E-state index contributed by atoms with van der Waals surface area (Å²) in [7, 11) is 0. The monoisotopic (exact) mass is 341 g/mol. The minimum Gasteiger partial charge on any atom is -0.464 e. The molecule has 0 aliphatic rings. The second-order valence-corrected chi connectivity index (χ2v) is 7.95. The predicted octanol–water partition coefficient (Wildman–Crippen LogP) is 6.01. The third kappa shape index (κ3) is 13.8. The van der Waals surface area contributed by atoms with Crippen LogP contribution in [0, 0.1) is 0 Å². The van der Waals surface area contributed by atoms with Crippen LogP contribution in [0.2, 0.25) is 0 Å². The molecule has 0 fully saturated rings. The van der Waals surface area contributed by atoms with E-state index in [1.165, 1.54) is 70.6 Å². The molecule has 0 atom stereocenters. The van der Waals surface area contributed by atoms with E-state index in [9.17, 15) is 4.79 Å². The Labute approximate surface area is 151 Å². The van der Waals surface area contributed by atoms with Crippen LogP contribution in [0.15, 0.2) is 0 Å². The van der Waals surface area contributed by atoms with E-state index < -0.39 is 5.54 Å². The van der Waals surface area contributed by atoms with Crippen molar-refractivity contribution in [2.45, 2.75) is 123 Å². The van der Waals surface area contributed by atoms with Crippen LogP contribution in [0.4, 0.5) is 0 Å². The van der Waals surface area contributed by atoms with E-state index in [0.29, 0.717) is 6.61 Å². The number of carbonyl (C=O) groups excluding carboxylic acids is 1. The van der Waals surface area contributed by atoms with Crippen molar-refractivity contribution in [3.63, 3.8) is 0 Å². The van der Waals surface area contributed by atoms with Gasteiger partial charge in [-0.3, -0.25) is 4.79 Å². The summed E-state index contributed by atoms with van der Waals surface area (Å²) in [4.78, 5) is 12.0. The normalized spacial score (nSPS) is 11.9. The van der Waals surface area contributed by atoms with Crippen LogP contribution in [-0.4, -0.2) is 24.2 Å². The molecule has 0 spiro atoms. The average Bonchev–Trinajstić information content (AvgIpc) is 2.50. The number of unbranched alkanes of at least 4 members (excludes halogenated alkanes) is 11. The first-order valence-electron chi connectivity index (χ1n) is 10.3. The molecule has 3 heteroatoms. The van der Waals surface area contributed by atoms with Gasteiger partial charge in [-0.1, -0.05) is 77.6 Å². The smallest absolute Gasteiger partial charge is 0.325 e. The minimum absolute atomic E-state index is 0.140. The van der Waals surface area contributed by atoms with E-state index in [0.717, 1.165) is 6.42 Å². The van der Waals surface area contributed by atoms with Crippen molar-refractivity contribution < 1.29 is 9.53 Å². The Bertz CT molecular complexity index is 300. The Balaban J connectivity index is 3.37. The van der Waals surface area contributed by atoms with Crippen LogP contribution in [0.1, 0.15) is 112 Å². The zero-order valence-corrected chi connectivity index (χ0v) is 17.1. The number of hydrogen-bond acceptors (Lipinski definition) is 3. The molecule has 3 nitrogen and oxygen atoms in total. The quantitative estimate of drug-likeness (QED) is 0.276. The van der Waals surface area contributed by atoms with Crippen molar-refractivity contribution in [1.82, 2.24) is 5.32 Å². The Morgan fingerprint density at radius 2 is 1.25 bits per heavy atom. The Kier molecular flexibility index (Phi) is 14.4. The number of esters is 1. The zero-order valence-electron chi connectivity index (χ0n) is 17.1. The van der Waals surface area contributed by atoms with Crippen molar-refractivity contribution in [2.24, 2.45) is 0 Å². The number of ether oxygens (including phenoxy) is 1. The van der Waals surface area contributed by atoms with Crippen LogP contribution < -0.4 is 5.32 Å². The molecular weight excluding hydrogens is 298 g/mol. The highest BCUT2D eigenvalue weighted by Crippen LogP contribution is 2.12. The Morgan fingerprint density at radius 3 is 1.67 bits per heavy atom. The highest BCUT2D eigenvalue weighted by atomic mass is 16.5. The molecule has 0 rings (SSSR count). The maximum atomic E-state index is 12.0. The van der Waals surface area contributed by atoms with Gasteiger partial charge in [0.1, 0.15) is 5.54 Å². The van der Waals surface area contributed by atoms with E-state index in [1.807, 2.05) is 27.7 Å². The van der Waals surface area contributed by atoms with Crippen molar-refractivity contribution in [3.8, 4) is 0 Å². The molecule has 0 aliphatic heterocycles. The molecule has 0 aromatic heterocycles. The number of nitrogens with one attached hydrogen (secondary N) is 1. The summed E-state index contributed by atoms with van der Waals surface area (Å²) in [6.07, 6.45) is 15.9. The molecule has 0 radical (unpaired) electrons. The van der Waals surface area contributed by atoms with E-state index in [-0.39, 0.29) is 12.0 Å². The van der Waals surface area contributed by atoms with Crippen molar-refractivity contribution >= 4 is 5.97 Å². The zero-order chi connectivity index (χ0) is 18.3. The first kappa shape index (κ1) is 23.4. The van der Waals surface area contributed by atoms with Gasteiger partial charge in [0.2, 0.25) is 0 Å². The largest absolute Gasteiger partial charge is 0.464 e. The van der Waals surface area contributed by atoms with Crippen LogP contribution in [0.5, 0.6) is 0 Å². The van der Waals surface area contributed by atoms with E-state index in [1.54, 1.807) is 0 Å². The molecule has 0 heterocycles. The molecule has 1 N–H and O–H groups in total. The van der Waals surface area contributed by atoms with Crippen molar-refractivity contribution in [1.29, 1.82) is 0 Å². The first-order valence-corrected chi connectivity index (χ1v) is 10.3. The first-order chi connectivity index (χ1) is 11.4. The molecule has 0 saturated carbocycles. The van der Waals surface area contributed by atoms with Gasteiger partial charge < -0.3 is 10.1 Å². The van der Waals surface area contributed by atoms with Crippen LogP contribution >= 0.6 is 0 Å². The van der Waals surface area contributed by atoms with Gasteiger partial charge in [0.05, 0.1) is 6.61 Å². The Hall–Kier alpha value is -0.570. The van der Waals surface area contributed by atoms with Crippen molar-refractivity contribution in [2.75, 3.05) is 6.61 Å². The molecular formula is C21H43NO2. The fourth-order valence-corrected chi connectivity index (χ4v) is 3.07. The highest BCUT2D eigenvalue weighted by Gasteiger charge is 2.29. The summed E-state index contributed by atoms with van der Waals surface area (Å²) < 4.78 is 5.40. The molecule has 144 valence electrons. The van der Waals surface area contributed by atoms with Crippen LogP contribution in [0.3, 0.4) is 0 Å². The fourth-order valence-electron chi connectivity index (χ4n) is 3.07. The molecule has 0 unspecified atom stereocenters. The molecule has 0 aromatic carbocycles. The summed E-state index contributed by atoms with van der Waals surface area (Å²) in [5.74, 6) is -0.140. The minimum atomic E-state index is -0.592. The van der Waals surface area contributed by atoms with E-state index in [4.69, 9.17) is 4.74 Å². The second-order valence-electron chi connectivity index (χ2n) is 7.95. The van der Waals surface area contributed by atoms with E-state index in [2.05, 4.69) is 12.2 Å². The van der Waals surface area contributed by atoms with Gasteiger partial charge in [-0.25, -0.2) is 0 Å². The van der Waals surface area contributed by atoms with Gasteiger partial charge in [-0.2, -0.15) is 0 Å². The molecule has 0 amide bonds. The summed E-state index contributed by atoms with van der Waals surface area (Å²) in [5.41, 5.74) is -0.592. The lowest BCUT2D eigenvalue weighted by Gasteiger charge is -2.26. The lowest BCUT2D eigenvalue weighted by Crippen LogP contribution is -2.50. The number of hydrogen-bond donors (Lipinski definition) is 1. The Morgan fingerprint density at radius 1 is 0.833 bits per heavy atom. The summed E-state index contributed by atoms with van der Waals surface area (Å²) in [6.45, 7) is 10.7. The maximum absolute atomic E-state index is 12.0. The van der Waals surface area contributed by atoms with E-state index >= 15 is 0 Å². The third-order valence-electron chi connectivity index (χ3n) is 4.39. The van der Waals surface area contributed by atoms with Crippen LogP contribution in [0.25, 0.3) is 0 Å². The van der Waals surface area contributed by atoms with Crippen molar-refractivity contribution in [3.05, 3.63) is 0 Å².